The van der Waals surface area contributed by atoms with Gasteiger partial charge in [-0.15, -0.1) is 0 Å². The number of hydrogen-bond donors (Lipinski definition) is 2. The summed E-state index contributed by atoms with van der Waals surface area (Å²) in [5.74, 6) is -2.71. The summed E-state index contributed by atoms with van der Waals surface area (Å²) < 4.78 is 15.3. The van der Waals surface area contributed by atoms with Crippen LogP contribution in [0.3, 0.4) is 0 Å². The van der Waals surface area contributed by atoms with Gasteiger partial charge in [-0.2, -0.15) is 0 Å². The van der Waals surface area contributed by atoms with Crippen LogP contribution in [-0.4, -0.2) is 30.7 Å². The first-order chi connectivity index (χ1) is 12.1. The molecule has 0 saturated carbocycles. The van der Waals surface area contributed by atoms with E-state index in [4.69, 9.17) is 14.2 Å². The van der Waals surface area contributed by atoms with E-state index in [-0.39, 0.29) is 17.4 Å². The van der Waals surface area contributed by atoms with Crippen molar-refractivity contribution in [2.45, 2.75) is 33.5 Å². The van der Waals surface area contributed by atoms with E-state index in [1.165, 1.54) is 27.2 Å². The number of cyclic esters (lactones) is 2. The van der Waals surface area contributed by atoms with Crippen molar-refractivity contribution in [2.75, 3.05) is 17.7 Å². The van der Waals surface area contributed by atoms with Gasteiger partial charge in [0.2, 0.25) is 5.91 Å². The van der Waals surface area contributed by atoms with Crippen molar-refractivity contribution in [2.24, 2.45) is 5.92 Å². The maximum atomic E-state index is 11.9. The summed E-state index contributed by atoms with van der Waals surface area (Å²) in [6.07, 6.45) is 1.21. The first-order valence-electron chi connectivity index (χ1n) is 8.05. The number of carbonyl (C=O) groups excluding carboxylic acids is 3. The molecule has 140 valence electrons. The second-order valence-corrected chi connectivity index (χ2v) is 6.44. The van der Waals surface area contributed by atoms with E-state index in [0.29, 0.717) is 17.1 Å². The largest absolute Gasteiger partial charge is 0.494 e. The number of methoxy groups -OCH3 is 1. The van der Waals surface area contributed by atoms with Crippen LogP contribution in [0, 0.1) is 5.92 Å². The second kappa shape index (κ2) is 7.47. The molecule has 0 spiro atoms. The fourth-order valence-corrected chi connectivity index (χ4v) is 2.10. The molecular formula is C18H22N2O6. The quantitative estimate of drug-likeness (QED) is 0.471. The number of benzene rings is 1. The van der Waals surface area contributed by atoms with Crippen LogP contribution in [0.5, 0.6) is 5.75 Å². The number of amides is 1. The maximum absolute atomic E-state index is 11.9. The Morgan fingerprint density at radius 3 is 2.35 bits per heavy atom. The molecular weight excluding hydrogens is 340 g/mol. The van der Waals surface area contributed by atoms with E-state index in [2.05, 4.69) is 10.6 Å². The van der Waals surface area contributed by atoms with Gasteiger partial charge in [-0.05, 0) is 12.1 Å². The summed E-state index contributed by atoms with van der Waals surface area (Å²) in [6.45, 7) is 6.52. The van der Waals surface area contributed by atoms with E-state index >= 15 is 0 Å². The Morgan fingerprint density at radius 1 is 1.19 bits per heavy atom. The topological polar surface area (TPSA) is 103 Å². The molecule has 26 heavy (non-hydrogen) atoms. The maximum Gasteiger partial charge on any atom is 0.350 e. The number of ether oxygens (including phenoxy) is 3. The molecule has 0 atom stereocenters. The fraction of sp³-hybridized carbons (Fsp3) is 0.389. The van der Waals surface area contributed by atoms with Crippen LogP contribution in [0.15, 0.2) is 30.0 Å². The molecule has 1 aromatic carbocycles. The Morgan fingerprint density at radius 2 is 1.81 bits per heavy atom. The van der Waals surface area contributed by atoms with Crippen LogP contribution in [0.4, 0.5) is 11.4 Å². The van der Waals surface area contributed by atoms with Crippen molar-refractivity contribution in [3.05, 3.63) is 30.0 Å². The molecule has 1 aliphatic heterocycles. The summed E-state index contributed by atoms with van der Waals surface area (Å²) >= 11 is 0. The molecule has 8 nitrogen and oxygen atoms in total. The monoisotopic (exact) mass is 362 g/mol. The minimum atomic E-state index is -1.29. The van der Waals surface area contributed by atoms with Gasteiger partial charge < -0.3 is 24.8 Å². The normalized spacial score (nSPS) is 15.8. The lowest BCUT2D eigenvalue weighted by Gasteiger charge is -2.29. The van der Waals surface area contributed by atoms with Gasteiger partial charge >= 0.3 is 11.9 Å². The number of rotatable bonds is 5. The molecule has 1 fully saturated rings. The highest BCUT2D eigenvalue weighted by Gasteiger charge is 2.38. The molecule has 8 heteroatoms. The first-order valence-corrected chi connectivity index (χ1v) is 8.05. The molecule has 0 radical (unpaired) electrons. The fourth-order valence-electron chi connectivity index (χ4n) is 2.10. The third-order valence-corrected chi connectivity index (χ3v) is 3.48. The van der Waals surface area contributed by atoms with Crippen LogP contribution in [-0.2, 0) is 23.9 Å². The lowest BCUT2D eigenvalue weighted by Crippen LogP contribution is -2.42. The SMILES string of the molecule is COc1cc(NC=C2C(=O)OC(C)(C)OC2=O)ccc1NC(=O)C(C)C. The van der Waals surface area contributed by atoms with Gasteiger partial charge in [0.15, 0.2) is 5.57 Å². The smallest absolute Gasteiger partial charge is 0.350 e. The number of nitrogens with one attached hydrogen (secondary N) is 2. The zero-order valence-electron chi connectivity index (χ0n) is 15.3. The molecule has 1 amide bonds. The van der Waals surface area contributed by atoms with E-state index in [1.807, 2.05) is 0 Å². The summed E-state index contributed by atoms with van der Waals surface area (Å²) in [5, 5.41) is 5.59. The van der Waals surface area contributed by atoms with Gasteiger partial charge in [0.05, 0.1) is 12.8 Å². The molecule has 1 heterocycles. The van der Waals surface area contributed by atoms with E-state index in [1.54, 1.807) is 32.0 Å². The number of esters is 2. The third kappa shape index (κ3) is 4.53. The molecule has 0 aromatic heterocycles. The van der Waals surface area contributed by atoms with Crippen molar-refractivity contribution in [1.82, 2.24) is 0 Å². The Balaban J connectivity index is 2.16. The number of hydrogen-bond acceptors (Lipinski definition) is 7. The van der Waals surface area contributed by atoms with Crippen LogP contribution < -0.4 is 15.4 Å². The van der Waals surface area contributed by atoms with Gasteiger partial charge in [0.25, 0.3) is 5.79 Å². The third-order valence-electron chi connectivity index (χ3n) is 3.48. The Bertz CT molecular complexity index is 745. The van der Waals surface area contributed by atoms with Gasteiger partial charge in [-0.25, -0.2) is 9.59 Å². The molecule has 1 aromatic rings. The van der Waals surface area contributed by atoms with Crippen LogP contribution in [0.25, 0.3) is 0 Å². The first kappa shape index (κ1) is 19.3. The molecule has 1 aliphatic rings. The molecule has 0 aliphatic carbocycles. The standard InChI is InChI=1S/C18H22N2O6/c1-10(2)15(21)20-13-7-6-11(8-14(13)24-5)19-9-12-16(22)25-18(3,4)26-17(12)23/h6-10,19H,1-5H3,(H,20,21). The van der Waals surface area contributed by atoms with Gasteiger partial charge in [-0.3, -0.25) is 4.79 Å². The lowest BCUT2D eigenvalue weighted by atomic mass is 10.2. The predicted octanol–water partition coefficient (Wildman–Crippen LogP) is 2.42. The summed E-state index contributed by atoms with van der Waals surface area (Å²) in [7, 11) is 1.47. The highest BCUT2D eigenvalue weighted by molar-refractivity contribution is 6.15. The van der Waals surface area contributed by atoms with Crippen LogP contribution >= 0.6 is 0 Å². The molecule has 0 bridgehead atoms. The molecule has 0 unspecified atom stereocenters. The van der Waals surface area contributed by atoms with Crippen LogP contribution in [0.1, 0.15) is 27.7 Å². The zero-order valence-corrected chi connectivity index (χ0v) is 15.3. The van der Waals surface area contributed by atoms with Gasteiger partial charge in [0, 0.05) is 37.7 Å². The lowest BCUT2D eigenvalue weighted by molar-refractivity contribution is -0.222. The average Bonchev–Trinajstić information content (AvgIpc) is 2.53. The van der Waals surface area contributed by atoms with Gasteiger partial charge in [-0.1, -0.05) is 13.8 Å². The summed E-state index contributed by atoms with van der Waals surface area (Å²) in [4.78, 5) is 35.6. The Labute approximate surface area is 151 Å². The van der Waals surface area contributed by atoms with Gasteiger partial charge in [0.1, 0.15) is 5.75 Å². The van der Waals surface area contributed by atoms with E-state index < -0.39 is 17.7 Å². The summed E-state index contributed by atoms with van der Waals surface area (Å²) in [6, 6.07) is 4.94. The molecule has 2 N–H and O–H groups in total. The Hall–Kier alpha value is -3.03. The Kier molecular flexibility index (Phi) is 5.54. The molecule has 2 rings (SSSR count). The zero-order chi connectivity index (χ0) is 19.5. The van der Waals surface area contributed by atoms with Crippen molar-refractivity contribution in [1.29, 1.82) is 0 Å². The highest BCUT2D eigenvalue weighted by Crippen LogP contribution is 2.29. The average molecular weight is 362 g/mol. The van der Waals surface area contributed by atoms with E-state index in [0.717, 1.165) is 0 Å². The van der Waals surface area contributed by atoms with Crippen molar-refractivity contribution in [3.8, 4) is 5.75 Å². The predicted molar refractivity (Wildman–Crippen MR) is 94.4 cm³/mol. The van der Waals surface area contributed by atoms with E-state index in [9.17, 15) is 14.4 Å². The number of carbonyl (C=O) groups is 3. The highest BCUT2D eigenvalue weighted by atomic mass is 16.7. The summed E-state index contributed by atoms with van der Waals surface area (Å²) in [5.41, 5.74) is 0.811. The minimum Gasteiger partial charge on any atom is -0.494 e. The van der Waals surface area contributed by atoms with Crippen LogP contribution in [0.2, 0.25) is 0 Å². The van der Waals surface area contributed by atoms with Crippen molar-refractivity contribution in [3.63, 3.8) is 0 Å². The molecule has 1 saturated heterocycles. The minimum absolute atomic E-state index is 0.138. The van der Waals surface area contributed by atoms with Crippen molar-refractivity contribution < 1.29 is 28.6 Å². The number of anilines is 2. The second-order valence-electron chi connectivity index (χ2n) is 6.44. The van der Waals surface area contributed by atoms with Crippen molar-refractivity contribution >= 4 is 29.2 Å².